The predicted molar refractivity (Wildman–Crippen MR) is 109 cm³/mol. The van der Waals surface area contributed by atoms with Crippen molar-refractivity contribution in [1.29, 1.82) is 0 Å². The number of nitrogens with zero attached hydrogens (tertiary/aromatic N) is 1. The zero-order valence-corrected chi connectivity index (χ0v) is 17.8. The van der Waals surface area contributed by atoms with Gasteiger partial charge >= 0.3 is 6.18 Å². The zero-order chi connectivity index (χ0) is 22.1. The van der Waals surface area contributed by atoms with Crippen LogP contribution in [0.5, 0.6) is 5.75 Å². The fourth-order valence-corrected chi connectivity index (χ4v) is 4.38. The second kappa shape index (κ2) is 8.47. The summed E-state index contributed by atoms with van der Waals surface area (Å²) in [6, 6.07) is 9.43. The first kappa shape index (κ1) is 22.4. The number of likely N-dealkylation sites (tertiary alicyclic amines) is 1. The molecule has 1 saturated heterocycles. The number of alkyl halides is 3. The number of halogens is 3. The molecule has 0 amide bonds. The molecule has 1 fully saturated rings. The van der Waals surface area contributed by atoms with Crippen LogP contribution in [0.25, 0.3) is 0 Å². The van der Waals surface area contributed by atoms with Gasteiger partial charge in [0.1, 0.15) is 11.9 Å². The van der Waals surface area contributed by atoms with Crippen LogP contribution in [0.4, 0.5) is 18.9 Å². The van der Waals surface area contributed by atoms with Crippen molar-refractivity contribution >= 4 is 15.7 Å². The number of nitrogens with one attached hydrogen (secondary N) is 1. The van der Waals surface area contributed by atoms with Crippen LogP contribution in [0, 0.1) is 0 Å². The third kappa shape index (κ3) is 5.26. The van der Waals surface area contributed by atoms with Crippen molar-refractivity contribution in [2.45, 2.75) is 43.4 Å². The third-order valence-corrected chi connectivity index (χ3v) is 6.44. The van der Waals surface area contributed by atoms with Gasteiger partial charge < -0.3 is 9.64 Å². The maximum atomic E-state index is 13.4. The molecule has 9 heteroatoms. The Morgan fingerprint density at radius 3 is 2.33 bits per heavy atom. The number of ether oxygens (including phenoxy) is 1. The molecule has 1 atom stereocenters. The van der Waals surface area contributed by atoms with E-state index in [4.69, 9.17) is 4.74 Å². The SMILES string of the molecule is CC(C)c1ccc(S(=O)(=O)Nc2ccc(C(F)(F)F)c(O[C@H]3CCN(C)C3)c2)cc1. The Labute approximate surface area is 174 Å². The molecular formula is C21H25F3N2O3S. The van der Waals surface area contributed by atoms with Gasteiger partial charge in [0, 0.05) is 19.2 Å². The zero-order valence-electron chi connectivity index (χ0n) is 17.0. The molecular weight excluding hydrogens is 417 g/mol. The van der Waals surface area contributed by atoms with Gasteiger partial charge in [0.05, 0.1) is 16.1 Å². The van der Waals surface area contributed by atoms with E-state index in [1.54, 1.807) is 12.1 Å². The number of anilines is 1. The van der Waals surface area contributed by atoms with Crippen molar-refractivity contribution in [2.75, 3.05) is 24.9 Å². The maximum absolute atomic E-state index is 13.4. The molecule has 1 N–H and O–H groups in total. The number of sulfonamides is 1. The lowest BCUT2D eigenvalue weighted by Gasteiger charge is -2.19. The Balaban J connectivity index is 1.87. The highest BCUT2D eigenvalue weighted by Gasteiger charge is 2.36. The van der Waals surface area contributed by atoms with Gasteiger partial charge in [0.2, 0.25) is 0 Å². The smallest absolute Gasteiger partial charge is 0.419 e. The van der Waals surface area contributed by atoms with E-state index in [-0.39, 0.29) is 28.4 Å². The van der Waals surface area contributed by atoms with Crippen molar-refractivity contribution in [1.82, 2.24) is 4.90 Å². The molecule has 164 valence electrons. The largest absolute Gasteiger partial charge is 0.488 e. The highest BCUT2D eigenvalue weighted by molar-refractivity contribution is 7.92. The molecule has 0 aliphatic carbocycles. The highest BCUT2D eigenvalue weighted by atomic mass is 32.2. The van der Waals surface area contributed by atoms with E-state index in [2.05, 4.69) is 4.72 Å². The lowest BCUT2D eigenvalue weighted by molar-refractivity contribution is -0.139. The second-order valence-electron chi connectivity index (χ2n) is 7.83. The summed E-state index contributed by atoms with van der Waals surface area (Å²) in [5.41, 5.74) is 0.0688. The van der Waals surface area contributed by atoms with Gasteiger partial charge in [-0.05, 0) is 49.2 Å². The summed E-state index contributed by atoms with van der Waals surface area (Å²) in [4.78, 5) is 2.00. The molecule has 0 spiro atoms. The Bertz CT molecular complexity index is 990. The summed E-state index contributed by atoms with van der Waals surface area (Å²) in [5.74, 6) is -0.128. The molecule has 1 heterocycles. The Hall–Kier alpha value is -2.26. The van der Waals surface area contributed by atoms with Crippen LogP contribution in [0.1, 0.15) is 37.3 Å². The lowest BCUT2D eigenvalue weighted by Crippen LogP contribution is -2.23. The summed E-state index contributed by atoms with van der Waals surface area (Å²) in [6.45, 7) is 5.22. The fraction of sp³-hybridized carbons (Fsp3) is 0.429. The molecule has 0 aromatic heterocycles. The van der Waals surface area contributed by atoms with Crippen LogP contribution >= 0.6 is 0 Å². The van der Waals surface area contributed by atoms with E-state index in [1.165, 1.54) is 12.1 Å². The van der Waals surface area contributed by atoms with Crippen molar-refractivity contribution in [3.8, 4) is 5.75 Å². The molecule has 0 unspecified atom stereocenters. The molecule has 1 aliphatic rings. The van der Waals surface area contributed by atoms with Crippen molar-refractivity contribution in [3.05, 3.63) is 53.6 Å². The first-order chi connectivity index (χ1) is 14.0. The predicted octanol–water partition coefficient (Wildman–Crippen LogP) is 4.71. The van der Waals surface area contributed by atoms with E-state index in [0.717, 1.165) is 30.3 Å². The van der Waals surface area contributed by atoms with E-state index in [9.17, 15) is 21.6 Å². The number of rotatable bonds is 6. The average molecular weight is 443 g/mol. The molecule has 0 radical (unpaired) electrons. The van der Waals surface area contributed by atoms with Crippen LogP contribution < -0.4 is 9.46 Å². The van der Waals surface area contributed by atoms with E-state index in [1.807, 2.05) is 25.8 Å². The molecule has 0 bridgehead atoms. The first-order valence-electron chi connectivity index (χ1n) is 9.65. The van der Waals surface area contributed by atoms with Gasteiger partial charge in [-0.25, -0.2) is 8.42 Å². The van der Waals surface area contributed by atoms with Crippen LogP contribution in [-0.2, 0) is 16.2 Å². The molecule has 3 rings (SSSR count). The topological polar surface area (TPSA) is 58.6 Å². The standard InChI is InChI=1S/C21H25F3N2O3S/c1-14(2)15-4-7-18(8-5-15)30(27,28)25-16-6-9-19(21(22,23)24)20(12-16)29-17-10-11-26(3)13-17/h4-9,12,14,17,25H,10-11,13H2,1-3H3/t17-/m0/s1. The number of likely N-dealkylation sites (N-methyl/N-ethyl adjacent to an activating group) is 1. The third-order valence-electron chi connectivity index (χ3n) is 5.04. The van der Waals surface area contributed by atoms with Gasteiger partial charge in [0.25, 0.3) is 10.0 Å². The quantitative estimate of drug-likeness (QED) is 0.704. The van der Waals surface area contributed by atoms with E-state index < -0.39 is 21.8 Å². The summed E-state index contributed by atoms with van der Waals surface area (Å²) in [6.07, 6.45) is -4.39. The highest BCUT2D eigenvalue weighted by Crippen LogP contribution is 2.39. The van der Waals surface area contributed by atoms with E-state index in [0.29, 0.717) is 13.0 Å². The molecule has 0 saturated carbocycles. The van der Waals surface area contributed by atoms with Crippen LogP contribution in [0.3, 0.4) is 0 Å². The number of hydrogen-bond acceptors (Lipinski definition) is 4. The Kier molecular flexibility index (Phi) is 6.33. The van der Waals surface area contributed by atoms with Crippen molar-refractivity contribution < 1.29 is 26.3 Å². The Morgan fingerprint density at radius 1 is 1.13 bits per heavy atom. The van der Waals surface area contributed by atoms with Crippen molar-refractivity contribution in [3.63, 3.8) is 0 Å². The molecule has 2 aromatic rings. The van der Waals surface area contributed by atoms with Gasteiger partial charge in [0.15, 0.2) is 0 Å². The average Bonchev–Trinajstić information content (AvgIpc) is 3.05. The van der Waals surface area contributed by atoms with Gasteiger partial charge in [-0.3, -0.25) is 4.72 Å². The lowest BCUT2D eigenvalue weighted by atomic mass is 10.0. The Morgan fingerprint density at radius 2 is 1.80 bits per heavy atom. The first-order valence-corrected chi connectivity index (χ1v) is 11.1. The van der Waals surface area contributed by atoms with E-state index >= 15 is 0 Å². The summed E-state index contributed by atoms with van der Waals surface area (Å²) < 4.78 is 73.5. The number of hydrogen-bond donors (Lipinski definition) is 1. The molecule has 5 nitrogen and oxygen atoms in total. The second-order valence-corrected chi connectivity index (χ2v) is 9.51. The number of benzene rings is 2. The van der Waals surface area contributed by atoms with Crippen molar-refractivity contribution in [2.24, 2.45) is 0 Å². The normalized spacial score (nSPS) is 18.0. The fourth-order valence-electron chi connectivity index (χ4n) is 3.33. The molecule has 2 aromatic carbocycles. The molecule has 1 aliphatic heterocycles. The van der Waals surface area contributed by atoms with Crippen LogP contribution in [0.15, 0.2) is 47.4 Å². The van der Waals surface area contributed by atoms with Gasteiger partial charge in [-0.2, -0.15) is 13.2 Å². The van der Waals surface area contributed by atoms with Gasteiger partial charge in [-0.1, -0.05) is 26.0 Å². The summed E-state index contributed by atoms with van der Waals surface area (Å²) in [7, 11) is -2.09. The van der Waals surface area contributed by atoms with Crippen LogP contribution in [0.2, 0.25) is 0 Å². The monoisotopic (exact) mass is 442 g/mol. The minimum Gasteiger partial charge on any atom is -0.488 e. The maximum Gasteiger partial charge on any atom is 0.419 e. The van der Waals surface area contributed by atoms with Gasteiger partial charge in [-0.15, -0.1) is 0 Å². The molecule has 30 heavy (non-hydrogen) atoms. The summed E-state index contributed by atoms with van der Waals surface area (Å²) in [5, 5.41) is 0. The minimum absolute atomic E-state index is 0.0114. The minimum atomic E-state index is -4.61. The summed E-state index contributed by atoms with van der Waals surface area (Å²) >= 11 is 0. The van der Waals surface area contributed by atoms with Crippen LogP contribution in [-0.4, -0.2) is 39.6 Å².